The van der Waals surface area contributed by atoms with E-state index in [0.29, 0.717) is 0 Å². The van der Waals surface area contributed by atoms with Gasteiger partial charge in [-0.3, -0.25) is 0 Å². The predicted octanol–water partition coefficient (Wildman–Crippen LogP) is 11.1. The maximum atomic E-state index is 8.28. The molecule has 7 aromatic carbocycles. The first-order valence-corrected chi connectivity index (χ1v) is 17.0. The van der Waals surface area contributed by atoms with Crippen LogP contribution in [-0.4, -0.2) is 25.2 Å². The van der Waals surface area contributed by atoms with Crippen molar-refractivity contribution in [1.82, 2.24) is 4.67 Å². The molecule has 0 aromatic heterocycles. The largest absolute Gasteiger partial charge is 0.343 e. The van der Waals surface area contributed by atoms with Crippen LogP contribution in [0.1, 0.15) is 6.92 Å². The van der Waals surface area contributed by atoms with Crippen molar-refractivity contribution in [2.75, 3.05) is 11.9 Å². The summed E-state index contributed by atoms with van der Waals surface area (Å²) in [6.45, 7) is 2.03. The van der Waals surface area contributed by atoms with E-state index in [2.05, 4.69) is 149 Å². The van der Waals surface area contributed by atoms with E-state index >= 15 is 0 Å². The van der Waals surface area contributed by atoms with Gasteiger partial charge >= 0.3 is 5.71 Å². The molecule has 0 unspecified atom stereocenters. The molecule has 0 saturated carbocycles. The van der Waals surface area contributed by atoms with Crippen LogP contribution >= 0.6 is 0 Å². The van der Waals surface area contributed by atoms with Crippen molar-refractivity contribution in [3.8, 4) is 55.6 Å². The Bertz CT molecular complexity index is 2560. The molecule has 7 aromatic rings. The summed E-state index contributed by atoms with van der Waals surface area (Å²) in [7, 11) is 2.02. The highest BCUT2D eigenvalue weighted by molar-refractivity contribution is 6.28. The number of rotatable bonds is 7. The highest BCUT2D eigenvalue weighted by atomic mass is 15.1. The second-order valence-corrected chi connectivity index (χ2v) is 13.0. The minimum absolute atomic E-state index is 0.811. The fourth-order valence-corrected chi connectivity index (χ4v) is 7.99. The Morgan fingerprint density at radius 1 is 0.580 bits per heavy atom. The van der Waals surface area contributed by atoms with Crippen LogP contribution in [0, 0.1) is 5.41 Å². The number of benzene rings is 7. The Kier molecular flexibility index (Phi) is 7.02. The number of nitrogens with one attached hydrogen (secondary N) is 1. The van der Waals surface area contributed by atoms with Gasteiger partial charge in [-0.15, -0.1) is 0 Å². The molecular weight excluding hydrogens is 607 g/mol. The third-order valence-electron chi connectivity index (χ3n) is 10.3. The third kappa shape index (κ3) is 4.53. The van der Waals surface area contributed by atoms with Crippen molar-refractivity contribution >= 4 is 45.4 Å². The minimum Gasteiger partial charge on any atom is -0.343 e. The molecule has 0 fully saturated rings. The Balaban J connectivity index is 1.29. The summed E-state index contributed by atoms with van der Waals surface area (Å²) in [4.78, 5) is 2.08. The van der Waals surface area contributed by atoms with Gasteiger partial charge in [0.05, 0.1) is 11.3 Å². The van der Waals surface area contributed by atoms with E-state index < -0.39 is 0 Å². The van der Waals surface area contributed by atoms with Gasteiger partial charge in [0, 0.05) is 31.1 Å². The fourth-order valence-electron chi connectivity index (χ4n) is 7.99. The molecule has 1 heterocycles. The molecule has 0 amide bonds. The lowest BCUT2D eigenvalue weighted by atomic mass is 9.82. The van der Waals surface area contributed by atoms with Gasteiger partial charge in [-0.05, 0) is 96.2 Å². The Labute approximate surface area is 292 Å². The van der Waals surface area contributed by atoms with Gasteiger partial charge in [0.25, 0.3) is 6.21 Å². The van der Waals surface area contributed by atoms with Crippen molar-refractivity contribution in [1.29, 1.82) is 5.41 Å². The maximum Gasteiger partial charge on any atom is 0.332 e. The number of allylic oxidation sites excluding steroid dienone is 4. The number of hydrogen-bond acceptors (Lipinski definition) is 2. The highest BCUT2D eigenvalue weighted by Crippen LogP contribution is 2.58. The van der Waals surface area contributed by atoms with Crippen LogP contribution in [0.15, 0.2) is 163 Å². The van der Waals surface area contributed by atoms with Gasteiger partial charge in [-0.25, -0.2) is 0 Å². The topological polar surface area (TPSA) is 41.2 Å². The Hall–Kier alpha value is -6.54. The first-order valence-electron chi connectivity index (χ1n) is 17.0. The average Bonchev–Trinajstić information content (AvgIpc) is 3.83. The molecule has 50 heavy (non-hydrogen) atoms. The second kappa shape index (κ2) is 11.9. The zero-order chi connectivity index (χ0) is 33.8. The summed E-state index contributed by atoms with van der Waals surface area (Å²) in [6, 6.07) is 50.7. The Morgan fingerprint density at radius 2 is 1.14 bits per heavy atom. The monoisotopic (exact) mass is 640 g/mol. The molecule has 0 spiro atoms. The van der Waals surface area contributed by atoms with E-state index in [1.165, 1.54) is 77.8 Å². The maximum absolute atomic E-state index is 8.28. The van der Waals surface area contributed by atoms with E-state index in [1.54, 1.807) is 6.21 Å². The normalized spacial score (nSPS) is 13.0. The van der Waals surface area contributed by atoms with Crippen LogP contribution in [-0.2, 0) is 0 Å². The summed E-state index contributed by atoms with van der Waals surface area (Å²) in [5, 5.41) is 13.3. The quantitative estimate of drug-likeness (QED) is 0.137. The minimum atomic E-state index is 0.811. The molecule has 236 valence electrons. The van der Waals surface area contributed by atoms with Crippen molar-refractivity contribution in [2.45, 2.75) is 6.92 Å². The first-order chi connectivity index (χ1) is 24.6. The first kappa shape index (κ1) is 29.6. The molecule has 0 atom stereocenters. The van der Waals surface area contributed by atoms with Crippen molar-refractivity contribution < 1.29 is 0 Å². The molecular formula is C47H34N3+. The lowest BCUT2D eigenvalue weighted by molar-refractivity contribution is 1.14. The molecule has 0 radical (unpaired) electrons. The van der Waals surface area contributed by atoms with Crippen LogP contribution < -0.4 is 9.57 Å². The van der Waals surface area contributed by atoms with Gasteiger partial charge < -0.3 is 10.3 Å². The summed E-state index contributed by atoms with van der Waals surface area (Å²) in [6.07, 6.45) is 7.14. The van der Waals surface area contributed by atoms with Crippen molar-refractivity contribution in [3.63, 3.8) is 0 Å². The van der Waals surface area contributed by atoms with E-state index in [1.807, 2.05) is 26.1 Å². The zero-order valence-corrected chi connectivity index (χ0v) is 28.0. The molecule has 1 aliphatic heterocycles. The van der Waals surface area contributed by atoms with Gasteiger partial charge in [-0.1, -0.05) is 132 Å². The van der Waals surface area contributed by atoms with E-state index in [4.69, 9.17) is 5.41 Å². The second-order valence-electron chi connectivity index (χ2n) is 13.0. The lowest BCUT2D eigenvalue weighted by Gasteiger charge is -2.22. The van der Waals surface area contributed by atoms with E-state index in [9.17, 15) is 0 Å². The summed E-state index contributed by atoms with van der Waals surface area (Å²) in [5.41, 5.74) is 16.2. The number of hydrogen-bond donors (Lipinski definition) is 1. The summed E-state index contributed by atoms with van der Waals surface area (Å²) < 4.78 is 4.48. The van der Waals surface area contributed by atoms with Crippen molar-refractivity contribution in [2.24, 2.45) is 0 Å². The molecule has 3 nitrogen and oxygen atoms in total. The lowest BCUT2D eigenvalue weighted by Crippen LogP contribution is -2.21. The molecule has 0 bridgehead atoms. The molecule has 2 aliphatic rings. The van der Waals surface area contributed by atoms with E-state index in [0.717, 1.165) is 28.2 Å². The molecule has 3 heteroatoms. The third-order valence-corrected chi connectivity index (χ3v) is 10.3. The van der Waals surface area contributed by atoms with Crippen LogP contribution in [0.25, 0.3) is 77.2 Å². The van der Waals surface area contributed by atoms with Crippen LogP contribution in [0.4, 0.5) is 5.69 Å². The number of anilines is 1. The smallest absolute Gasteiger partial charge is 0.332 e. The highest BCUT2D eigenvalue weighted by Gasteiger charge is 2.31. The van der Waals surface area contributed by atoms with Gasteiger partial charge in [0.2, 0.25) is 0 Å². The van der Waals surface area contributed by atoms with Gasteiger partial charge in [0.15, 0.2) is 0 Å². The summed E-state index contributed by atoms with van der Waals surface area (Å²) >= 11 is 0. The van der Waals surface area contributed by atoms with Crippen LogP contribution in [0.3, 0.4) is 0 Å². The SMILES string of the molecule is C/C(C1=[N+]=CC=C1)=C(\C=N)N(C)c1cccc(-c2ccc3c4c(cccc24)-c2c-3c(-c3ccccc3)c3ccccc3c2-c2ccccc2)c1. The van der Waals surface area contributed by atoms with Gasteiger partial charge in [-0.2, -0.15) is 0 Å². The van der Waals surface area contributed by atoms with E-state index in [-0.39, 0.29) is 0 Å². The Morgan fingerprint density at radius 3 is 1.76 bits per heavy atom. The van der Waals surface area contributed by atoms with Crippen LogP contribution in [0.2, 0.25) is 0 Å². The molecule has 1 aliphatic carbocycles. The molecule has 0 saturated heterocycles. The average molecular weight is 641 g/mol. The summed E-state index contributed by atoms with van der Waals surface area (Å²) in [5.74, 6) is 0. The molecule has 9 rings (SSSR count). The van der Waals surface area contributed by atoms with Crippen molar-refractivity contribution in [3.05, 3.63) is 163 Å². The fraction of sp³-hybridized carbons (Fsp3) is 0.0426. The standard InChI is InChI=1S/C47H34N3/c1-30(41-24-13-27-49-41)42(29-48)50(2)34-19-11-18-33(28-34)35-25-26-40-45-36(35)22-12-23-39(45)46-43(31-14-5-3-6-15-31)37-20-9-10-21-38(37)44(47(40)46)32-16-7-4-8-17-32/h3-29,48H,1-2H3/q+1. The van der Waals surface area contributed by atoms with Gasteiger partial charge in [0.1, 0.15) is 0 Å². The number of fused-ring (bicyclic) bond motifs is 4. The zero-order valence-electron chi connectivity index (χ0n) is 28.0. The number of nitrogens with zero attached hydrogens (tertiary/aromatic N) is 2. The molecule has 1 N–H and O–H groups in total. The predicted molar refractivity (Wildman–Crippen MR) is 214 cm³/mol. The van der Waals surface area contributed by atoms with Crippen LogP contribution in [0.5, 0.6) is 0 Å².